The van der Waals surface area contributed by atoms with E-state index in [0.29, 0.717) is 5.69 Å². The van der Waals surface area contributed by atoms with E-state index >= 15 is 0 Å². The van der Waals surface area contributed by atoms with Crippen molar-refractivity contribution in [2.24, 2.45) is 23.7 Å². The Hall–Kier alpha value is -1.91. The minimum Gasteiger partial charge on any atom is -0.462 e. The first-order valence-corrected chi connectivity index (χ1v) is 6.90. The van der Waals surface area contributed by atoms with Gasteiger partial charge in [0.2, 0.25) is 5.91 Å². The first-order valence-electron chi connectivity index (χ1n) is 6.90. The summed E-state index contributed by atoms with van der Waals surface area (Å²) in [5, 5.41) is 2.79. The zero-order valence-electron chi connectivity index (χ0n) is 10.7. The quantitative estimate of drug-likeness (QED) is 0.839. The first kappa shape index (κ1) is 11.9. The summed E-state index contributed by atoms with van der Waals surface area (Å²) in [5.41, 5.74) is 0.557. The molecule has 2 saturated carbocycles. The largest absolute Gasteiger partial charge is 0.462 e. The predicted octanol–water partition coefficient (Wildman–Crippen LogP) is 1.96. The third-order valence-corrected chi connectivity index (χ3v) is 4.90. The van der Waals surface area contributed by atoms with Crippen LogP contribution >= 0.6 is 0 Å². The molecule has 4 rings (SSSR count). The predicted molar refractivity (Wildman–Crippen MR) is 68.1 cm³/mol. The van der Waals surface area contributed by atoms with Gasteiger partial charge in [-0.05, 0) is 43.0 Å². The summed E-state index contributed by atoms with van der Waals surface area (Å²) < 4.78 is 18.2. The van der Waals surface area contributed by atoms with Crippen LogP contribution in [-0.2, 0) is 14.3 Å². The number of hydrogen-bond acceptors (Lipinski definition) is 3. The molecule has 2 aliphatic carbocycles. The van der Waals surface area contributed by atoms with Crippen LogP contribution in [0, 0.1) is 29.5 Å². The fraction of sp³-hybridized carbons (Fsp3) is 0.467. The Kier molecular flexibility index (Phi) is 2.40. The van der Waals surface area contributed by atoms with E-state index in [0.717, 1.165) is 12.8 Å². The zero-order valence-corrected chi connectivity index (χ0v) is 10.7. The number of esters is 1. The maximum Gasteiger partial charge on any atom is 0.310 e. The summed E-state index contributed by atoms with van der Waals surface area (Å²) in [6.07, 6.45) is 1.74. The van der Waals surface area contributed by atoms with E-state index in [4.69, 9.17) is 4.74 Å². The van der Waals surface area contributed by atoms with Crippen molar-refractivity contribution in [1.29, 1.82) is 0 Å². The normalized spacial score (nSPS) is 37.0. The second-order valence-corrected chi connectivity index (χ2v) is 5.92. The van der Waals surface area contributed by atoms with Gasteiger partial charge in [-0.1, -0.05) is 0 Å². The highest BCUT2D eigenvalue weighted by molar-refractivity contribution is 5.96. The lowest BCUT2D eigenvalue weighted by Gasteiger charge is -2.23. The van der Waals surface area contributed by atoms with Crippen molar-refractivity contribution in [3.63, 3.8) is 0 Å². The lowest BCUT2D eigenvalue weighted by molar-refractivity contribution is -0.145. The molecule has 0 radical (unpaired) electrons. The number of nitrogens with one attached hydrogen (secondary N) is 1. The molecular formula is C15H14FNO3. The van der Waals surface area contributed by atoms with E-state index in [-0.39, 0.29) is 47.5 Å². The summed E-state index contributed by atoms with van der Waals surface area (Å²) in [6.45, 7) is 0. The number of fused-ring (bicyclic) bond motifs is 1. The fourth-order valence-corrected chi connectivity index (χ4v) is 4.12. The van der Waals surface area contributed by atoms with Crippen molar-refractivity contribution in [3.8, 4) is 0 Å². The van der Waals surface area contributed by atoms with Crippen LogP contribution in [0.2, 0.25) is 0 Å². The van der Waals surface area contributed by atoms with Crippen molar-refractivity contribution >= 4 is 17.6 Å². The molecule has 104 valence electrons. The van der Waals surface area contributed by atoms with Crippen molar-refractivity contribution in [3.05, 3.63) is 30.1 Å². The number of hydrogen-bond donors (Lipinski definition) is 1. The lowest BCUT2D eigenvalue weighted by Crippen LogP contribution is -2.35. The average molecular weight is 275 g/mol. The van der Waals surface area contributed by atoms with E-state index in [1.165, 1.54) is 24.3 Å². The molecule has 2 bridgehead atoms. The second kappa shape index (κ2) is 4.04. The van der Waals surface area contributed by atoms with Crippen LogP contribution in [-0.4, -0.2) is 18.0 Å². The number of benzene rings is 1. The zero-order chi connectivity index (χ0) is 13.9. The van der Waals surface area contributed by atoms with Gasteiger partial charge in [-0.3, -0.25) is 9.59 Å². The maximum absolute atomic E-state index is 12.8. The Morgan fingerprint density at radius 2 is 2.00 bits per heavy atom. The van der Waals surface area contributed by atoms with Gasteiger partial charge >= 0.3 is 5.97 Å². The molecule has 5 heteroatoms. The van der Waals surface area contributed by atoms with Crippen molar-refractivity contribution in [2.75, 3.05) is 5.32 Å². The Bertz CT molecular complexity index is 583. The number of anilines is 1. The third kappa shape index (κ3) is 1.58. The highest BCUT2D eigenvalue weighted by Gasteiger charge is 2.63. The van der Waals surface area contributed by atoms with Crippen LogP contribution in [0.3, 0.4) is 0 Å². The van der Waals surface area contributed by atoms with Gasteiger partial charge in [0.25, 0.3) is 0 Å². The van der Waals surface area contributed by atoms with Gasteiger partial charge in [0.05, 0.1) is 11.8 Å². The Balaban J connectivity index is 1.54. The van der Waals surface area contributed by atoms with Gasteiger partial charge in [0, 0.05) is 11.6 Å². The van der Waals surface area contributed by atoms with Crippen LogP contribution in [0.15, 0.2) is 24.3 Å². The first-order chi connectivity index (χ1) is 9.63. The van der Waals surface area contributed by atoms with Crippen molar-refractivity contribution in [2.45, 2.75) is 18.9 Å². The SMILES string of the molecule is O=C(Nc1ccc(F)cc1)[C@@H]1[C@@H]2C[C@@H]3[C@H]1C(=O)O[C@@H]3C2. The van der Waals surface area contributed by atoms with Gasteiger partial charge in [-0.25, -0.2) is 4.39 Å². The van der Waals surface area contributed by atoms with Gasteiger partial charge in [-0.15, -0.1) is 0 Å². The van der Waals surface area contributed by atoms with Gasteiger partial charge in [0.1, 0.15) is 11.9 Å². The Labute approximate surface area is 115 Å². The number of halogens is 1. The minimum absolute atomic E-state index is 0.0346. The molecule has 4 nitrogen and oxygen atoms in total. The minimum atomic E-state index is -0.342. The van der Waals surface area contributed by atoms with E-state index in [2.05, 4.69) is 5.32 Å². The van der Waals surface area contributed by atoms with Crippen LogP contribution in [0.25, 0.3) is 0 Å². The number of amides is 1. The molecule has 1 N–H and O–H groups in total. The van der Waals surface area contributed by atoms with Crippen LogP contribution < -0.4 is 5.32 Å². The molecule has 0 unspecified atom stereocenters. The number of rotatable bonds is 2. The number of carbonyl (C=O) groups excluding carboxylic acids is 2. The van der Waals surface area contributed by atoms with E-state index < -0.39 is 0 Å². The average Bonchev–Trinajstić information content (AvgIpc) is 3.02. The summed E-state index contributed by atoms with van der Waals surface area (Å²) >= 11 is 0. The molecule has 0 aromatic heterocycles. The van der Waals surface area contributed by atoms with Gasteiger partial charge in [0.15, 0.2) is 0 Å². The molecule has 5 atom stereocenters. The Morgan fingerprint density at radius 1 is 1.25 bits per heavy atom. The molecule has 1 saturated heterocycles. The summed E-state index contributed by atoms with van der Waals surface area (Å²) in [4.78, 5) is 24.3. The number of carbonyl (C=O) groups is 2. The lowest BCUT2D eigenvalue weighted by atomic mass is 9.79. The summed E-state index contributed by atoms with van der Waals surface area (Å²) in [6, 6.07) is 5.65. The molecule has 3 fully saturated rings. The highest BCUT2D eigenvalue weighted by atomic mass is 19.1. The molecular weight excluding hydrogens is 261 g/mol. The monoisotopic (exact) mass is 275 g/mol. The van der Waals surface area contributed by atoms with Crippen LogP contribution in [0.4, 0.5) is 10.1 Å². The van der Waals surface area contributed by atoms with Gasteiger partial charge in [-0.2, -0.15) is 0 Å². The molecule has 1 aromatic rings. The van der Waals surface area contributed by atoms with Crippen molar-refractivity contribution < 1.29 is 18.7 Å². The molecule has 1 aliphatic heterocycles. The Morgan fingerprint density at radius 3 is 2.75 bits per heavy atom. The second-order valence-electron chi connectivity index (χ2n) is 5.92. The molecule has 1 aromatic carbocycles. The summed E-state index contributed by atoms with van der Waals surface area (Å²) in [5.74, 6) is -0.829. The standard InChI is InChI=1S/C15H14FNO3/c16-8-1-3-9(4-2-8)17-14(18)12-7-5-10-11(6-7)20-15(19)13(10)12/h1-4,7,10-13H,5-6H2,(H,17,18)/t7-,10+,11-,12-,13-/m1/s1. The van der Waals surface area contributed by atoms with Crippen LogP contribution in [0.5, 0.6) is 0 Å². The third-order valence-electron chi connectivity index (χ3n) is 4.90. The molecule has 1 amide bonds. The summed E-state index contributed by atoms with van der Waals surface area (Å²) in [7, 11) is 0. The maximum atomic E-state index is 12.8. The van der Waals surface area contributed by atoms with Crippen molar-refractivity contribution in [1.82, 2.24) is 0 Å². The smallest absolute Gasteiger partial charge is 0.310 e. The van der Waals surface area contributed by atoms with Crippen LogP contribution in [0.1, 0.15) is 12.8 Å². The topological polar surface area (TPSA) is 55.4 Å². The van der Waals surface area contributed by atoms with E-state index in [1.54, 1.807) is 0 Å². The molecule has 0 spiro atoms. The fourth-order valence-electron chi connectivity index (χ4n) is 4.12. The highest BCUT2D eigenvalue weighted by Crippen LogP contribution is 2.57. The van der Waals surface area contributed by atoms with E-state index in [9.17, 15) is 14.0 Å². The molecule has 3 aliphatic rings. The molecule has 20 heavy (non-hydrogen) atoms. The number of ether oxygens (including phenoxy) is 1. The van der Waals surface area contributed by atoms with E-state index in [1.807, 2.05) is 0 Å². The van der Waals surface area contributed by atoms with Gasteiger partial charge < -0.3 is 10.1 Å². The molecule has 1 heterocycles.